The molecule has 78 heavy (non-hydrogen) atoms. The van der Waals surface area contributed by atoms with Crippen LogP contribution in [-0.4, -0.2) is 138 Å². The number of carbonyl (C=O) groups is 2. The van der Waals surface area contributed by atoms with Crippen LogP contribution in [0.4, 0.5) is 17.1 Å². The van der Waals surface area contributed by atoms with Crippen LogP contribution >= 0.6 is 21.6 Å². The van der Waals surface area contributed by atoms with Crippen molar-refractivity contribution in [1.82, 2.24) is 9.80 Å². The first kappa shape index (κ1) is 57.1. The molecule has 0 spiro atoms. The summed E-state index contributed by atoms with van der Waals surface area (Å²) in [6.45, 7) is 17.2. The summed E-state index contributed by atoms with van der Waals surface area (Å²) in [4.78, 5) is 37.3. The van der Waals surface area contributed by atoms with E-state index in [1.165, 1.54) is 22.3 Å². The van der Waals surface area contributed by atoms with Crippen molar-refractivity contribution in [1.29, 1.82) is 0 Å². The zero-order valence-electron chi connectivity index (χ0n) is 46.7. The predicted molar refractivity (Wildman–Crippen MR) is 314 cm³/mol. The highest BCUT2D eigenvalue weighted by Crippen LogP contribution is 2.42. The van der Waals surface area contributed by atoms with Crippen LogP contribution in [0.5, 0.6) is 17.2 Å². The van der Waals surface area contributed by atoms with E-state index in [0.29, 0.717) is 94.1 Å². The lowest BCUT2D eigenvalue weighted by atomic mass is 9.93. The molecule has 1 unspecified atom stereocenters. The van der Waals surface area contributed by atoms with E-state index >= 15 is 0 Å². The molecule has 5 aromatic rings. The van der Waals surface area contributed by atoms with Crippen LogP contribution in [0.25, 0.3) is 0 Å². The summed E-state index contributed by atoms with van der Waals surface area (Å²) in [7, 11) is 9.14. The van der Waals surface area contributed by atoms with E-state index in [4.69, 9.17) is 33.2 Å². The van der Waals surface area contributed by atoms with Crippen molar-refractivity contribution >= 4 is 50.5 Å². The molecule has 14 nitrogen and oxygen atoms in total. The molecule has 4 heterocycles. The predicted octanol–water partition coefficient (Wildman–Crippen LogP) is 10.6. The molecular weight excluding hydrogens is 1020 g/mol. The van der Waals surface area contributed by atoms with Crippen molar-refractivity contribution in [3.8, 4) is 17.2 Å². The maximum Gasteiger partial charge on any atom is 0.256 e. The number of rotatable bonds is 27. The standard InChI is InChI=1S/C62H79N5O9S2/c1-8-19-72-20-13-26-77-78-62(3,4)42-65(18-21-73-24-25-74-23-22-70-6)50-29-44(40-75-57-34-55-53(27-43(57)2)60(68)66-37-48-16-11-9-14-46(48)31-51(66)36-63-55)28-45(30-50)41-76-59-35-56-54(33-58(59)71-7)61(69)67-38-49-17-12-10-15-47(49)32-52(67)39-64(56)5/h9-12,14-17,27-30,33-35,51-52,63H,8,13,18-26,31-32,36-42H2,1-7H3/t51-,52?/m0/s1. The molecule has 0 aliphatic carbocycles. The molecule has 1 N–H and O–H groups in total. The van der Waals surface area contributed by atoms with Gasteiger partial charge in [0, 0.05) is 95.0 Å². The first-order valence-corrected chi connectivity index (χ1v) is 30.0. The third-order valence-corrected chi connectivity index (χ3v) is 18.3. The second-order valence-corrected chi connectivity index (χ2v) is 24.5. The number of fused-ring (bicyclic) bond motifs is 6. The Morgan fingerprint density at radius 2 is 1.32 bits per heavy atom. The number of ether oxygens (including phenoxy) is 7. The van der Waals surface area contributed by atoms with E-state index in [0.717, 1.165) is 84.9 Å². The summed E-state index contributed by atoms with van der Waals surface area (Å²) < 4.78 is 42.3. The molecule has 5 aromatic carbocycles. The lowest BCUT2D eigenvalue weighted by Gasteiger charge is -2.36. The minimum atomic E-state index is -0.142. The largest absolute Gasteiger partial charge is 0.493 e. The summed E-state index contributed by atoms with van der Waals surface area (Å²) >= 11 is 0. The molecule has 4 aliphatic rings. The third-order valence-electron chi connectivity index (χ3n) is 14.9. The van der Waals surface area contributed by atoms with Gasteiger partial charge in [0.25, 0.3) is 11.8 Å². The number of likely N-dealkylation sites (N-methyl/N-ethyl adjacent to an activating group) is 1. The van der Waals surface area contributed by atoms with E-state index in [1.54, 1.807) is 14.2 Å². The first-order valence-electron chi connectivity index (χ1n) is 27.6. The molecule has 0 bridgehead atoms. The minimum Gasteiger partial charge on any atom is -0.493 e. The summed E-state index contributed by atoms with van der Waals surface area (Å²) in [5.74, 6) is 2.79. The third kappa shape index (κ3) is 14.2. The van der Waals surface area contributed by atoms with Crippen molar-refractivity contribution < 1.29 is 42.7 Å². The Balaban J connectivity index is 0.984. The van der Waals surface area contributed by atoms with E-state index in [1.807, 2.05) is 68.6 Å². The van der Waals surface area contributed by atoms with Crippen LogP contribution in [0, 0.1) is 6.92 Å². The van der Waals surface area contributed by atoms with Gasteiger partial charge in [-0.05, 0) is 116 Å². The second kappa shape index (κ2) is 27.0. The normalized spacial score (nSPS) is 16.7. The molecule has 0 saturated heterocycles. The molecule has 0 saturated carbocycles. The number of anilines is 3. The van der Waals surface area contributed by atoms with Crippen LogP contribution in [0.15, 0.2) is 91.0 Å². The number of nitrogens with one attached hydrogen (secondary N) is 1. The fraction of sp³-hybridized carbons (Fsp3) is 0.484. The van der Waals surface area contributed by atoms with Crippen LogP contribution in [-0.2, 0) is 58.1 Å². The Bertz CT molecular complexity index is 2850. The van der Waals surface area contributed by atoms with Crippen LogP contribution in [0.3, 0.4) is 0 Å². The van der Waals surface area contributed by atoms with Gasteiger partial charge in [-0.3, -0.25) is 9.59 Å². The van der Waals surface area contributed by atoms with Gasteiger partial charge in [-0.15, -0.1) is 0 Å². The monoisotopic (exact) mass is 1100 g/mol. The summed E-state index contributed by atoms with van der Waals surface area (Å²) in [6.07, 6.45) is 3.64. The highest BCUT2D eigenvalue weighted by Gasteiger charge is 2.37. The topological polar surface area (TPSA) is 124 Å². The van der Waals surface area contributed by atoms with Gasteiger partial charge in [-0.1, -0.05) is 77.0 Å². The van der Waals surface area contributed by atoms with Crippen molar-refractivity contribution in [3.05, 3.63) is 141 Å². The molecule has 2 amide bonds. The SMILES string of the molecule is CCCOCCCSSC(C)(C)CN(CCOCCOCCOC)c1cc(COc2cc3c(cc2C)C(=O)N2Cc4ccccc4C[C@H]2CN3)cc(COc2cc3c(cc2OC)C(=O)N2Cc4ccccc4CC2CN3C)c1. The fourth-order valence-electron chi connectivity index (χ4n) is 10.9. The number of benzene rings is 5. The molecule has 0 radical (unpaired) electrons. The van der Waals surface area contributed by atoms with Crippen molar-refractivity contribution in [2.45, 2.75) is 96.5 Å². The van der Waals surface area contributed by atoms with Gasteiger partial charge in [0.15, 0.2) is 11.5 Å². The number of methoxy groups -OCH3 is 2. The highest BCUT2D eigenvalue weighted by molar-refractivity contribution is 8.77. The number of amides is 2. The lowest BCUT2D eigenvalue weighted by Crippen LogP contribution is -2.47. The smallest absolute Gasteiger partial charge is 0.256 e. The number of nitrogens with zero attached hydrogens (tertiary/aromatic N) is 4. The second-order valence-electron chi connectivity index (χ2n) is 21.4. The van der Waals surface area contributed by atoms with Gasteiger partial charge in [0.1, 0.15) is 19.0 Å². The van der Waals surface area contributed by atoms with Crippen molar-refractivity contribution in [2.24, 2.45) is 0 Å². The highest BCUT2D eigenvalue weighted by atomic mass is 33.1. The van der Waals surface area contributed by atoms with Gasteiger partial charge in [-0.2, -0.15) is 0 Å². The van der Waals surface area contributed by atoms with Gasteiger partial charge in [-0.25, -0.2) is 0 Å². The van der Waals surface area contributed by atoms with E-state index in [2.05, 4.69) is 104 Å². The Labute approximate surface area is 470 Å². The maximum absolute atomic E-state index is 14.4. The van der Waals surface area contributed by atoms with Crippen molar-refractivity contribution in [2.75, 3.05) is 115 Å². The Morgan fingerprint density at radius 1 is 0.692 bits per heavy atom. The molecule has 0 aromatic heterocycles. The average molecular weight is 1100 g/mol. The van der Waals surface area contributed by atoms with Gasteiger partial charge >= 0.3 is 0 Å². The Hall–Kier alpha value is -5.62. The van der Waals surface area contributed by atoms with E-state index in [9.17, 15) is 9.59 Å². The number of hydrogen-bond donors (Lipinski definition) is 1. The molecule has 4 aliphatic heterocycles. The van der Waals surface area contributed by atoms with Gasteiger partial charge < -0.3 is 58.1 Å². The molecular formula is C62H79N5O9S2. The molecule has 0 fully saturated rings. The van der Waals surface area contributed by atoms with E-state index < -0.39 is 0 Å². The molecule has 9 rings (SSSR count). The number of aryl methyl sites for hydroxylation is 1. The van der Waals surface area contributed by atoms with E-state index in [-0.39, 0.29) is 41.9 Å². The van der Waals surface area contributed by atoms with Crippen LogP contribution in [0.2, 0.25) is 0 Å². The molecule has 418 valence electrons. The Kier molecular flexibility index (Phi) is 19.8. The van der Waals surface area contributed by atoms with Crippen molar-refractivity contribution in [3.63, 3.8) is 0 Å². The summed E-state index contributed by atoms with van der Waals surface area (Å²) in [6, 6.07) is 31.3. The quantitative estimate of drug-likeness (QED) is 0.0396. The zero-order valence-corrected chi connectivity index (χ0v) is 48.4. The Morgan fingerprint density at radius 3 is 2.01 bits per heavy atom. The zero-order chi connectivity index (χ0) is 54.6. The number of hydrogen-bond acceptors (Lipinski definition) is 14. The minimum absolute atomic E-state index is 0.00641. The lowest BCUT2D eigenvalue weighted by molar-refractivity contribution is 0.0264. The molecule has 2 atom stereocenters. The summed E-state index contributed by atoms with van der Waals surface area (Å²) in [5, 5.41) is 3.63. The van der Waals surface area contributed by atoms with Gasteiger partial charge in [0.05, 0.1) is 74.7 Å². The number of carbonyl (C=O) groups excluding carboxylic acids is 2. The maximum atomic E-state index is 14.4. The summed E-state index contributed by atoms with van der Waals surface area (Å²) in [5.41, 5.74) is 11.6. The van der Waals surface area contributed by atoms with Crippen LogP contribution < -0.4 is 29.3 Å². The van der Waals surface area contributed by atoms with Crippen LogP contribution in [0.1, 0.15) is 93.3 Å². The average Bonchev–Trinajstić information content (AvgIpc) is 3.87. The van der Waals surface area contributed by atoms with Gasteiger partial charge in [0.2, 0.25) is 0 Å². The molecule has 16 heteroatoms. The first-order chi connectivity index (χ1) is 37.9. The fourth-order valence-corrected chi connectivity index (χ4v) is 13.5.